The molecule has 0 amide bonds. The number of nitrogens with zero attached hydrogens (tertiary/aromatic N) is 2. The van der Waals surface area contributed by atoms with Gasteiger partial charge in [-0.3, -0.25) is 0 Å². The summed E-state index contributed by atoms with van der Waals surface area (Å²) in [4.78, 5) is 4.70. The highest BCUT2D eigenvalue weighted by Gasteiger charge is 2.11. The Morgan fingerprint density at radius 2 is 1.38 bits per heavy atom. The predicted molar refractivity (Wildman–Crippen MR) is 90.7 cm³/mol. The zero-order valence-electron chi connectivity index (χ0n) is 13.0. The highest BCUT2D eigenvalue weighted by atomic mass is 19.1. The van der Waals surface area contributed by atoms with E-state index in [4.69, 9.17) is 4.98 Å². The van der Waals surface area contributed by atoms with Gasteiger partial charge >= 0.3 is 0 Å². The van der Waals surface area contributed by atoms with E-state index in [1.165, 1.54) is 24.3 Å². The highest BCUT2D eigenvalue weighted by molar-refractivity contribution is 5.80. The molecule has 0 saturated carbocycles. The number of fused-ring (bicyclic) bond motifs is 1. The number of hydrogen-bond acceptors (Lipinski definition) is 1. The maximum atomic E-state index is 13.2. The van der Waals surface area contributed by atoms with E-state index >= 15 is 0 Å². The highest BCUT2D eigenvalue weighted by Crippen LogP contribution is 2.28. The first-order valence-corrected chi connectivity index (χ1v) is 7.61. The Kier molecular flexibility index (Phi) is 3.38. The van der Waals surface area contributed by atoms with Crippen molar-refractivity contribution in [3.8, 4) is 22.4 Å². The van der Waals surface area contributed by atoms with Crippen LogP contribution in [0.2, 0.25) is 0 Å². The molecule has 4 heteroatoms. The first-order valence-electron chi connectivity index (χ1n) is 7.61. The Labute approximate surface area is 138 Å². The Morgan fingerprint density at radius 1 is 0.792 bits per heavy atom. The number of halogens is 2. The maximum Gasteiger partial charge on any atom is 0.145 e. The van der Waals surface area contributed by atoms with Gasteiger partial charge in [-0.1, -0.05) is 12.1 Å². The van der Waals surface area contributed by atoms with Gasteiger partial charge < -0.3 is 4.40 Å². The second-order valence-corrected chi connectivity index (χ2v) is 5.80. The van der Waals surface area contributed by atoms with Crippen LogP contribution in [0.1, 0.15) is 5.56 Å². The third kappa shape index (κ3) is 2.56. The molecule has 2 nitrogen and oxygen atoms in total. The Bertz CT molecular complexity index is 1020. The SMILES string of the molecule is Cc1cc(-c2ccc(F)cc2)c2nc(-c3ccc(F)cc3)cn2c1. The molecule has 2 aromatic carbocycles. The van der Waals surface area contributed by atoms with Crippen molar-refractivity contribution >= 4 is 5.65 Å². The number of benzene rings is 2. The van der Waals surface area contributed by atoms with E-state index < -0.39 is 0 Å². The molecule has 2 heterocycles. The predicted octanol–water partition coefficient (Wildman–Crippen LogP) is 5.25. The Morgan fingerprint density at radius 3 is 2.00 bits per heavy atom. The molecular weight excluding hydrogens is 306 g/mol. The minimum absolute atomic E-state index is 0.266. The molecule has 0 aliphatic rings. The van der Waals surface area contributed by atoms with Crippen molar-refractivity contribution in [3.63, 3.8) is 0 Å². The second-order valence-electron chi connectivity index (χ2n) is 5.80. The summed E-state index contributed by atoms with van der Waals surface area (Å²) in [6.45, 7) is 2.00. The van der Waals surface area contributed by atoms with Gasteiger partial charge in [0.25, 0.3) is 0 Å². The molecule has 0 unspecified atom stereocenters. The van der Waals surface area contributed by atoms with Crippen molar-refractivity contribution in [2.24, 2.45) is 0 Å². The quantitative estimate of drug-likeness (QED) is 0.493. The standard InChI is InChI=1S/C20H14F2N2/c1-13-10-18(14-2-6-16(21)7-3-14)20-23-19(12-24(20)11-13)15-4-8-17(22)9-5-15/h2-12H,1H3. The number of aryl methyl sites for hydroxylation is 1. The summed E-state index contributed by atoms with van der Waals surface area (Å²) in [6.07, 6.45) is 3.91. The van der Waals surface area contributed by atoms with Crippen LogP contribution in [-0.4, -0.2) is 9.38 Å². The molecule has 4 aromatic rings. The number of rotatable bonds is 2. The number of hydrogen-bond donors (Lipinski definition) is 0. The molecule has 0 fully saturated rings. The van der Waals surface area contributed by atoms with Gasteiger partial charge in [0, 0.05) is 23.5 Å². The van der Waals surface area contributed by atoms with Crippen molar-refractivity contribution in [2.75, 3.05) is 0 Å². The molecule has 118 valence electrons. The van der Waals surface area contributed by atoms with Crippen molar-refractivity contribution in [3.05, 3.63) is 84.2 Å². The van der Waals surface area contributed by atoms with Gasteiger partial charge in [-0.05, 0) is 60.5 Å². The van der Waals surface area contributed by atoms with Crippen LogP contribution in [0.5, 0.6) is 0 Å². The molecular formula is C20H14F2N2. The molecule has 4 rings (SSSR count). The van der Waals surface area contributed by atoms with E-state index in [0.717, 1.165) is 33.6 Å². The zero-order chi connectivity index (χ0) is 16.7. The lowest BCUT2D eigenvalue weighted by molar-refractivity contribution is 0.627. The van der Waals surface area contributed by atoms with Crippen LogP contribution in [0.15, 0.2) is 67.0 Å². The molecule has 0 spiro atoms. The van der Waals surface area contributed by atoms with Crippen LogP contribution in [0.4, 0.5) is 8.78 Å². The fraction of sp³-hybridized carbons (Fsp3) is 0.0500. The minimum Gasteiger partial charge on any atom is -0.306 e. The van der Waals surface area contributed by atoms with Crippen LogP contribution < -0.4 is 0 Å². The minimum atomic E-state index is -0.273. The van der Waals surface area contributed by atoms with Crippen molar-refractivity contribution in [1.29, 1.82) is 0 Å². The normalized spacial score (nSPS) is 11.1. The van der Waals surface area contributed by atoms with Crippen LogP contribution >= 0.6 is 0 Å². The molecule has 0 saturated heterocycles. The number of pyridine rings is 1. The average Bonchev–Trinajstić information content (AvgIpc) is 2.99. The molecule has 2 aromatic heterocycles. The van der Waals surface area contributed by atoms with E-state index in [0.29, 0.717) is 0 Å². The summed E-state index contributed by atoms with van der Waals surface area (Å²) in [5, 5.41) is 0. The fourth-order valence-corrected chi connectivity index (χ4v) is 2.84. The second kappa shape index (κ2) is 5.57. The van der Waals surface area contributed by atoms with Crippen LogP contribution in [0, 0.1) is 18.6 Å². The largest absolute Gasteiger partial charge is 0.306 e. The topological polar surface area (TPSA) is 17.3 Å². The van der Waals surface area contributed by atoms with Crippen molar-refractivity contribution in [2.45, 2.75) is 6.92 Å². The molecule has 0 radical (unpaired) electrons. The van der Waals surface area contributed by atoms with Crippen molar-refractivity contribution < 1.29 is 8.78 Å². The monoisotopic (exact) mass is 320 g/mol. The summed E-state index contributed by atoms with van der Waals surface area (Å²) >= 11 is 0. The molecule has 0 bridgehead atoms. The fourth-order valence-electron chi connectivity index (χ4n) is 2.84. The van der Waals surface area contributed by atoms with E-state index in [-0.39, 0.29) is 11.6 Å². The first-order chi connectivity index (χ1) is 11.6. The van der Waals surface area contributed by atoms with Gasteiger partial charge in [0.05, 0.1) is 5.69 Å². The van der Waals surface area contributed by atoms with E-state index in [2.05, 4.69) is 0 Å². The summed E-state index contributed by atoms with van der Waals surface area (Å²) in [7, 11) is 0. The Hall–Kier alpha value is -3.01. The lowest BCUT2D eigenvalue weighted by Gasteiger charge is -2.06. The van der Waals surface area contributed by atoms with E-state index in [9.17, 15) is 8.78 Å². The molecule has 24 heavy (non-hydrogen) atoms. The lowest BCUT2D eigenvalue weighted by Crippen LogP contribution is -1.90. The Balaban J connectivity index is 1.91. The number of imidazole rings is 1. The van der Waals surface area contributed by atoms with Gasteiger partial charge in [0.2, 0.25) is 0 Å². The summed E-state index contributed by atoms with van der Waals surface area (Å²) < 4.78 is 28.3. The molecule has 0 atom stereocenters. The average molecular weight is 320 g/mol. The molecule has 0 aliphatic heterocycles. The smallest absolute Gasteiger partial charge is 0.145 e. The lowest BCUT2D eigenvalue weighted by atomic mass is 10.1. The van der Waals surface area contributed by atoms with Crippen molar-refractivity contribution in [1.82, 2.24) is 9.38 Å². The van der Waals surface area contributed by atoms with Gasteiger partial charge in [0.15, 0.2) is 0 Å². The summed E-state index contributed by atoms with van der Waals surface area (Å²) in [6, 6.07) is 14.7. The third-order valence-corrected chi connectivity index (χ3v) is 3.98. The van der Waals surface area contributed by atoms with E-state index in [1.807, 2.05) is 29.8 Å². The summed E-state index contributed by atoms with van der Waals surface area (Å²) in [5.41, 5.74) is 5.31. The molecule has 0 N–H and O–H groups in total. The maximum absolute atomic E-state index is 13.2. The third-order valence-electron chi connectivity index (χ3n) is 3.98. The van der Waals surface area contributed by atoms with Crippen LogP contribution in [0.25, 0.3) is 28.0 Å². The van der Waals surface area contributed by atoms with Crippen LogP contribution in [-0.2, 0) is 0 Å². The van der Waals surface area contributed by atoms with Gasteiger partial charge in [-0.15, -0.1) is 0 Å². The van der Waals surface area contributed by atoms with Gasteiger partial charge in [-0.2, -0.15) is 0 Å². The van der Waals surface area contributed by atoms with E-state index in [1.54, 1.807) is 24.3 Å². The van der Waals surface area contributed by atoms with Gasteiger partial charge in [0.1, 0.15) is 17.3 Å². The zero-order valence-corrected chi connectivity index (χ0v) is 13.0. The first kappa shape index (κ1) is 14.6. The summed E-state index contributed by atoms with van der Waals surface area (Å²) in [5.74, 6) is -0.539. The number of aromatic nitrogens is 2. The molecule has 0 aliphatic carbocycles. The van der Waals surface area contributed by atoms with Gasteiger partial charge in [-0.25, -0.2) is 13.8 Å². The van der Waals surface area contributed by atoms with Crippen LogP contribution in [0.3, 0.4) is 0 Å².